The Balaban J connectivity index is 2.52. The van der Waals surface area contributed by atoms with Crippen molar-refractivity contribution in [3.8, 4) is 23.6 Å². The van der Waals surface area contributed by atoms with Crippen molar-refractivity contribution in [3.05, 3.63) is 53.4 Å². The summed E-state index contributed by atoms with van der Waals surface area (Å²) >= 11 is 0. The summed E-state index contributed by atoms with van der Waals surface area (Å²) in [7, 11) is 1.62. The molecule has 98 valence electrons. The Morgan fingerprint density at radius 2 is 1.75 bits per heavy atom. The molecular formula is C16H13N3O. The van der Waals surface area contributed by atoms with Gasteiger partial charge in [-0.1, -0.05) is 0 Å². The monoisotopic (exact) mass is 263 g/mol. The number of allylic oxidation sites excluding steroid dienone is 1. The van der Waals surface area contributed by atoms with Crippen LogP contribution in [0, 0.1) is 29.6 Å². The van der Waals surface area contributed by atoms with E-state index in [-0.39, 0.29) is 5.57 Å². The lowest BCUT2D eigenvalue weighted by Crippen LogP contribution is -1.99. The molecule has 0 bridgehead atoms. The fourth-order valence-electron chi connectivity index (χ4n) is 1.99. The number of aromatic nitrogens is 1. The van der Waals surface area contributed by atoms with Crippen LogP contribution in [0.2, 0.25) is 0 Å². The van der Waals surface area contributed by atoms with Crippen LogP contribution >= 0.6 is 0 Å². The van der Waals surface area contributed by atoms with Gasteiger partial charge in [-0.15, -0.1) is 0 Å². The van der Waals surface area contributed by atoms with E-state index in [0.29, 0.717) is 0 Å². The lowest BCUT2D eigenvalue weighted by Gasteiger charge is -2.10. The van der Waals surface area contributed by atoms with Gasteiger partial charge in [0.2, 0.25) is 0 Å². The van der Waals surface area contributed by atoms with E-state index in [1.165, 1.54) is 0 Å². The topological polar surface area (TPSA) is 61.7 Å². The Hall–Kier alpha value is -2.98. The van der Waals surface area contributed by atoms with Gasteiger partial charge in [0.1, 0.15) is 23.5 Å². The Morgan fingerprint density at radius 1 is 1.10 bits per heavy atom. The van der Waals surface area contributed by atoms with Crippen LogP contribution in [0.4, 0.5) is 0 Å². The van der Waals surface area contributed by atoms with Gasteiger partial charge >= 0.3 is 0 Å². The first kappa shape index (κ1) is 13.5. The Bertz CT molecular complexity index is 709. The number of hydrogen-bond acceptors (Lipinski definition) is 3. The second-order valence-corrected chi connectivity index (χ2v) is 4.21. The number of nitriles is 2. The molecule has 4 heteroatoms. The molecule has 0 radical (unpaired) electrons. The van der Waals surface area contributed by atoms with Gasteiger partial charge in [-0.05, 0) is 49.4 Å². The van der Waals surface area contributed by atoms with Crippen molar-refractivity contribution in [2.24, 2.45) is 0 Å². The SMILES string of the molecule is COc1ccc(-n2c(C)ccc2C=C(C#N)C#N)cc1. The van der Waals surface area contributed by atoms with Crippen molar-refractivity contribution < 1.29 is 4.74 Å². The summed E-state index contributed by atoms with van der Waals surface area (Å²) in [5.74, 6) is 0.783. The maximum Gasteiger partial charge on any atom is 0.131 e. The predicted octanol–water partition coefficient (Wildman–Crippen LogP) is 3.22. The van der Waals surface area contributed by atoms with Crippen molar-refractivity contribution in [2.45, 2.75) is 6.92 Å². The zero-order chi connectivity index (χ0) is 14.5. The molecule has 0 spiro atoms. The van der Waals surface area contributed by atoms with Crippen molar-refractivity contribution in [2.75, 3.05) is 7.11 Å². The quantitative estimate of drug-likeness (QED) is 0.799. The average molecular weight is 263 g/mol. The first-order valence-electron chi connectivity index (χ1n) is 6.04. The minimum absolute atomic E-state index is 0.0814. The van der Waals surface area contributed by atoms with E-state index in [2.05, 4.69) is 0 Å². The number of benzene rings is 1. The second kappa shape index (κ2) is 5.77. The second-order valence-electron chi connectivity index (χ2n) is 4.21. The summed E-state index contributed by atoms with van der Waals surface area (Å²) in [4.78, 5) is 0. The summed E-state index contributed by atoms with van der Waals surface area (Å²) in [5, 5.41) is 17.7. The van der Waals surface area contributed by atoms with Crippen LogP contribution in [-0.2, 0) is 0 Å². The average Bonchev–Trinajstić information content (AvgIpc) is 2.85. The molecule has 0 aliphatic heterocycles. The van der Waals surface area contributed by atoms with Crippen molar-refractivity contribution in [1.82, 2.24) is 4.57 Å². The molecule has 1 aromatic carbocycles. The smallest absolute Gasteiger partial charge is 0.131 e. The Morgan fingerprint density at radius 3 is 2.30 bits per heavy atom. The molecule has 0 atom stereocenters. The number of aryl methyl sites for hydroxylation is 1. The molecule has 0 aliphatic rings. The van der Waals surface area contributed by atoms with Gasteiger partial charge in [-0.3, -0.25) is 0 Å². The summed E-state index contributed by atoms with van der Waals surface area (Å²) in [6.45, 7) is 1.97. The third kappa shape index (κ3) is 2.55. The highest BCUT2D eigenvalue weighted by molar-refractivity contribution is 5.62. The minimum atomic E-state index is 0.0814. The Kier molecular flexibility index (Phi) is 3.88. The van der Waals surface area contributed by atoms with Crippen molar-refractivity contribution >= 4 is 6.08 Å². The van der Waals surface area contributed by atoms with E-state index in [1.807, 2.05) is 60.0 Å². The molecule has 2 rings (SSSR count). The molecule has 0 saturated heterocycles. The van der Waals surface area contributed by atoms with Gasteiger partial charge in [-0.2, -0.15) is 10.5 Å². The molecule has 2 aromatic rings. The van der Waals surface area contributed by atoms with Gasteiger partial charge in [-0.25, -0.2) is 0 Å². The standard InChI is InChI=1S/C16H13N3O/c1-12-3-4-15(9-13(10-17)11-18)19(12)14-5-7-16(20-2)8-6-14/h3-9H,1-2H3. The largest absolute Gasteiger partial charge is 0.497 e. The van der Waals surface area contributed by atoms with Gasteiger partial charge in [0.05, 0.1) is 7.11 Å². The normalized spacial score (nSPS) is 9.40. The van der Waals surface area contributed by atoms with Crippen LogP contribution in [0.15, 0.2) is 42.0 Å². The maximum atomic E-state index is 8.86. The number of methoxy groups -OCH3 is 1. The highest BCUT2D eigenvalue weighted by Crippen LogP contribution is 2.21. The molecule has 0 N–H and O–H groups in total. The molecular weight excluding hydrogens is 250 g/mol. The summed E-state index contributed by atoms with van der Waals surface area (Å²) in [5.41, 5.74) is 2.86. The lowest BCUT2D eigenvalue weighted by atomic mass is 10.2. The maximum absolute atomic E-state index is 8.86. The summed E-state index contributed by atoms with van der Waals surface area (Å²) in [6, 6.07) is 15.2. The van der Waals surface area contributed by atoms with Crippen LogP contribution in [0.25, 0.3) is 11.8 Å². The molecule has 0 saturated carbocycles. The number of nitrogens with zero attached hydrogens (tertiary/aromatic N) is 3. The molecule has 0 fully saturated rings. The van der Waals surface area contributed by atoms with Gasteiger partial charge in [0, 0.05) is 17.1 Å². The van der Waals surface area contributed by atoms with E-state index >= 15 is 0 Å². The highest BCUT2D eigenvalue weighted by Gasteiger charge is 2.07. The first-order valence-corrected chi connectivity index (χ1v) is 6.04. The van der Waals surface area contributed by atoms with Gasteiger partial charge < -0.3 is 9.30 Å². The molecule has 0 unspecified atom stereocenters. The Labute approximate surface area is 117 Å². The van der Waals surface area contributed by atoms with Crippen LogP contribution in [0.1, 0.15) is 11.4 Å². The van der Waals surface area contributed by atoms with E-state index in [9.17, 15) is 0 Å². The highest BCUT2D eigenvalue weighted by atomic mass is 16.5. The predicted molar refractivity (Wildman–Crippen MR) is 76.3 cm³/mol. The van der Waals surface area contributed by atoms with E-state index < -0.39 is 0 Å². The van der Waals surface area contributed by atoms with E-state index in [0.717, 1.165) is 22.8 Å². The number of ether oxygens (including phenoxy) is 1. The summed E-state index contributed by atoms with van der Waals surface area (Å²) < 4.78 is 7.12. The molecule has 20 heavy (non-hydrogen) atoms. The minimum Gasteiger partial charge on any atom is -0.497 e. The molecule has 1 aromatic heterocycles. The van der Waals surface area contributed by atoms with Crippen molar-refractivity contribution in [3.63, 3.8) is 0 Å². The van der Waals surface area contributed by atoms with Gasteiger partial charge in [0.25, 0.3) is 0 Å². The zero-order valence-corrected chi connectivity index (χ0v) is 11.3. The van der Waals surface area contributed by atoms with Gasteiger partial charge in [0.15, 0.2) is 0 Å². The fraction of sp³-hybridized carbons (Fsp3) is 0.125. The number of rotatable bonds is 3. The van der Waals surface area contributed by atoms with E-state index in [4.69, 9.17) is 15.3 Å². The van der Waals surface area contributed by atoms with Crippen LogP contribution in [0.3, 0.4) is 0 Å². The van der Waals surface area contributed by atoms with E-state index in [1.54, 1.807) is 13.2 Å². The third-order valence-electron chi connectivity index (χ3n) is 2.97. The molecule has 1 heterocycles. The molecule has 4 nitrogen and oxygen atoms in total. The van der Waals surface area contributed by atoms with Crippen LogP contribution < -0.4 is 4.74 Å². The van der Waals surface area contributed by atoms with Crippen LogP contribution in [-0.4, -0.2) is 11.7 Å². The zero-order valence-electron chi connectivity index (χ0n) is 11.3. The number of hydrogen-bond donors (Lipinski definition) is 0. The summed E-state index contributed by atoms with van der Waals surface area (Å²) in [6.07, 6.45) is 1.58. The lowest BCUT2D eigenvalue weighted by molar-refractivity contribution is 0.414. The van der Waals surface area contributed by atoms with Crippen LogP contribution in [0.5, 0.6) is 5.75 Å². The van der Waals surface area contributed by atoms with Crippen molar-refractivity contribution in [1.29, 1.82) is 10.5 Å². The first-order chi connectivity index (χ1) is 9.69. The molecule has 0 aliphatic carbocycles. The third-order valence-corrected chi connectivity index (χ3v) is 2.97. The molecule has 0 amide bonds. The fourth-order valence-corrected chi connectivity index (χ4v) is 1.99.